The van der Waals surface area contributed by atoms with Crippen molar-refractivity contribution in [3.63, 3.8) is 0 Å². The van der Waals surface area contributed by atoms with Gasteiger partial charge in [-0.3, -0.25) is 4.79 Å². The van der Waals surface area contributed by atoms with Gasteiger partial charge in [-0.15, -0.1) is 0 Å². The molecule has 5 heteroatoms. The molecule has 0 saturated heterocycles. The van der Waals surface area contributed by atoms with Crippen LogP contribution >= 0.6 is 23.2 Å². The molecular weight excluding hydrogens is 239 g/mol. The first kappa shape index (κ1) is 12.1. The summed E-state index contributed by atoms with van der Waals surface area (Å²) >= 11 is 11.2. The van der Waals surface area contributed by atoms with Crippen molar-refractivity contribution in [2.45, 2.75) is 13.3 Å². The molecular formula is C10H10Cl2O3. The van der Waals surface area contributed by atoms with E-state index in [1.54, 1.807) is 6.07 Å². The van der Waals surface area contributed by atoms with Gasteiger partial charge in [-0.2, -0.15) is 0 Å². The van der Waals surface area contributed by atoms with E-state index >= 15 is 0 Å². The summed E-state index contributed by atoms with van der Waals surface area (Å²) in [5, 5.41) is 9.22. The zero-order valence-corrected chi connectivity index (χ0v) is 9.82. The molecule has 0 aliphatic rings. The fourth-order valence-electron chi connectivity index (χ4n) is 1.33. The van der Waals surface area contributed by atoms with Crippen LogP contribution in [0.3, 0.4) is 0 Å². The molecule has 0 spiro atoms. The molecule has 0 radical (unpaired) electrons. The quantitative estimate of drug-likeness (QED) is 0.837. The summed E-state index contributed by atoms with van der Waals surface area (Å²) in [4.78, 5) is 11.1. The first-order valence-corrected chi connectivity index (χ1v) is 5.06. The molecule has 0 atom stereocenters. The lowest BCUT2D eigenvalue weighted by atomic mass is 10.1. The lowest BCUT2D eigenvalue weighted by Gasteiger charge is -2.12. The number of carbonyl (C=O) groups is 1. The third-order valence-corrected chi connectivity index (χ3v) is 2.54. The molecule has 82 valence electrons. The summed E-state index contributed by atoms with van der Waals surface area (Å²) < 4.78 is 4.92. The molecule has 0 heterocycles. The molecule has 0 aromatic heterocycles. The smallest absolute Gasteiger partial charge is 0.259 e. The van der Waals surface area contributed by atoms with Gasteiger partial charge < -0.3 is 9.84 Å². The lowest BCUT2D eigenvalue weighted by molar-refractivity contribution is 0.107. The Hall–Kier alpha value is -0.930. The predicted octanol–water partition coefficient (Wildman–Crippen LogP) is 3.00. The molecule has 1 aromatic carbocycles. The Balaban J connectivity index is 3.55. The highest BCUT2D eigenvalue weighted by Gasteiger charge is 2.21. The summed E-state index contributed by atoms with van der Waals surface area (Å²) in [7, 11) is 1.36. The third kappa shape index (κ3) is 2.19. The zero-order chi connectivity index (χ0) is 11.6. The van der Waals surface area contributed by atoms with Gasteiger partial charge in [-0.1, -0.05) is 18.5 Å². The van der Waals surface area contributed by atoms with Gasteiger partial charge in [0.25, 0.3) is 5.24 Å². The second kappa shape index (κ2) is 4.73. The minimum Gasteiger partial charge on any atom is -0.507 e. The highest BCUT2D eigenvalue weighted by Crippen LogP contribution is 2.38. The van der Waals surface area contributed by atoms with Crippen LogP contribution in [0.1, 0.15) is 22.8 Å². The van der Waals surface area contributed by atoms with Crippen molar-refractivity contribution in [3.05, 3.63) is 22.2 Å². The molecule has 3 nitrogen and oxygen atoms in total. The number of hydrogen-bond acceptors (Lipinski definition) is 3. The molecule has 0 unspecified atom stereocenters. The summed E-state index contributed by atoms with van der Waals surface area (Å²) in [6, 6.07) is 1.55. The topological polar surface area (TPSA) is 46.5 Å². The molecule has 1 rings (SSSR count). The Labute approximate surface area is 97.6 Å². The second-order valence-corrected chi connectivity index (χ2v) is 3.65. The first-order chi connectivity index (χ1) is 7.02. The van der Waals surface area contributed by atoms with E-state index in [-0.39, 0.29) is 22.1 Å². The Morgan fingerprint density at radius 2 is 2.20 bits per heavy atom. The van der Waals surface area contributed by atoms with Gasteiger partial charge in [0, 0.05) is 0 Å². The highest BCUT2D eigenvalue weighted by atomic mass is 35.5. The zero-order valence-electron chi connectivity index (χ0n) is 8.30. The molecule has 0 saturated carbocycles. The maximum Gasteiger partial charge on any atom is 0.259 e. The number of rotatable bonds is 3. The van der Waals surface area contributed by atoms with Crippen LogP contribution in [-0.2, 0) is 6.42 Å². The standard InChI is InChI=1S/C10H10Cl2O3/c1-3-5-4-6(11)9(15-2)7(8(5)13)10(12)14/h4,13H,3H2,1-2H3. The van der Waals surface area contributed by atoms with Gasteiger partial charge >= 0.3 is 0 Å². The van der Waals surface area contributed by atoms with Crippen molar-refractivity contribution in [2.24, 2.45) is 0 Å². The number of hydrogen-bond donors (Lipinski definition) is 1. The maximum absolute atomic E-state index is 11.1. The van der Waals surface area contributed by atoms with Gasteiger partial charge in [0.05, 0.1) is 12.1 Å². The number of phenols is 1. The number of methoxy groups -OCH3 is 1. The van der Waals surface area contributed by atoms with Gasteiger partial charge in [0.1, 0.15) is 11.3 Å². The fourth-order valence-corrected chi connectivity index (χ4v) is 1.80. The molecule has 0 fully saturated rings. The minimum absolute atomic E-state index is 0.0801. The predicted molar refractivity (Wildman–Crippen MR) is 59.2 cm³/mol. The maximum atomic E-state index is 11.1. The van der Waals surface area contributed by atoms with Gasteiger partial charge in [-0.25, -0.2) is 0 Å². The van der Waals surface area contributed by atoms with Gasteiger partial charge in [0.2, 0.25) is 0 Å². The molecule has 1 N–H and O–H groups in total. The van der Waals surface area contributed by atoms with E-state index in [4.69, 9.17) is 27.9 Å². The number of benzene rings is 1. The van der Waals surface area contributed by atoms with Crippen molar-refractivity contribution in [2.75, 3.05) is 7.11 Å². The molecule has 15 heavy (non-hydrogen) atoms. The number of aryl methyl sites for hydroxylation is 1. The average molecular weight is 249 g/mol. The van der Waals surface area contributed by atoms with E-state index in [9.17, 15) is 9.90 Å². The van der Waals surface area contributed by atoms with E-state index in [1.165, 1.54) is 7.11 Å². The third-order valence-electron chi connectivity index (χ3n) is 2.07. The molecule has 0 bridgehead atoms. The van der Waals surface area contributed by atoms with E-state index in [2.05, 4.69) is 0 Å². The lowest BCUT2D eigenvalue weighted by Crippen LogP contribution is -1.99. The van der Waals surface area contributed by atoms with E-state index in [0.717, 1.165) is 0 Å². The largest absolute Gasteiger partial charge is 0.507 e. The Kier molecular flexibility index (Phi) is 3.83. The van der Waals surface area contributed by atoms with Crippen molar-refractivity contribution in [1.82, 2.24) is 0 Å². The summed E-state index contributed by atoms with van der Waals surface area (Å²) in [5.41, 5.74) is 0.480. The molecule has 0 aliphatic carbocycles. The number of aromatic hydroxyl groups is 1. The number of carbonyl (C=O) groups excluding carboxylic acids is 1. The van der Waals surface area contributed by atoms with E-state index < -0.39 is 5.24 Å². The number of ether oxygens (including phenoxy) is 1. The van der Waals surface area contributed by atoms with Crippen molar-refractivity contribution in [1.29, 1.82) is 0 Å². The van der Waals surface area contributed by atoms with Crippen molar-refractivity contribution in [3.8, 4) is 11.5 Å². The van der Waals surface area contributed by atoms with E-state index in [1.807, 2.05) is 6.92 Å². The average Bonchev–Trinajstić information content (AvgIpc) is 2.19. The normalized spacial score (nSPS) is 10.1. The van der Waals surface area contributed by atoms with Crippen molar-refractivity contribution < 1.29 is 14.6 Å². The SMILES string of the molecule is CCc1cc(Cl)c(OC)c(C(=O)Cl)c1O. The Morgan fingerprint density at radius 3 is 2.60 bits per heavy atom. The summed E-state index contributed by atoms with van der Waals surface area (Å²) in [6.45, 7) is 1.83. The highest BCUT2D eigenvalue weighted by molar-refractivity contribution is 6.68. The van der Waals surface area contributed by atoms with Crippen LogP contribution < -0.4 is 4.74 Å². The molecule has 0 aliphatic heterocycles. The Bertz CT molecular complexity index is 402. The summed E-state index contributed by atoms with van der Waals surface area (Å²) in [5.74, 6) is -0.0647. The molecule has 0 amide bonds. The van der Waals surface area contributed by atoms with E-state index in [0.29, 0.717) is 12.0 Å². The van der Waals surface area contributed by atoms with Crippen LogP contribution in [0.25, 0.3) is 0 Å². The van der Waals surface area contributed by atoms with Crippen LogP contribution in [0.5, 0.6) is 11.5 Å². The minimum atomic E-state index is -0.790. The second-order valence-electron chi connectivity index (χ2n) is 2.90. The Morgan fingerprint density at radius 1 is 1.60 bits per heavy atom. The van der Waals surface area contributed by atoms with Gasteiger partial charge in [0.15, 0.2) is 5.75 Å². The number of halogens is 2. The summed E-state index contributed by atoms with van der Waals surface area (Å²) in [6.07, 6.45) is 0.548. The van der Waals surface area contributed by atoms with Crippen LogP contribution in [0, 0.1) is 0 Å². The van der Waals surface area contributed by atoms with Crippen LogP contribution in [-0.4, -0.2) is 17.5 Å². The fraction of sp³-hybridized carbons (Fsp3) is 0.300. The van der Waals surface area contributed by atoms with Gasteiger partial charge in [-0.05, 0) is 29.7 Å². The van der Waals surface area contributed by atoms with Crippen LogP contribution in [0.15, 0.2) is 6.07 Å². The number of phenolic OH excluding ortho intramolecular Hbond substituents is 1. The van der Waals surface area contributed by atoms with Crippen LogP contribution in [0.4, 0.5) is 0 Å². The monoisotopic (exact) mass is 248 g/mol. The van der Waals surface area contributed by atoms with Crippen LogP contribution in [0.2, 0.25) is 5.02 Å². The van der Waals surface area contributed by atoms with Crippen molar-refractivity contribution >= 4 is 28.4 Å². The first-order valence-electron chi connectivity index (χ1n) is 4.31. The molecule has 1 aromatic rings.